The molecule has 0 saturated carbocycles. The van der Waals surface area contributed by atoms with Crippen molar-refractivity contribution in [2.24, 2.45) is 5.73 Å². The fraction of sp³-hybridized carbons (Fsp3) is 0.385. The molecular formula is C13H16IN3O3. The van der Waals surface area contributed by atoms with E-state index in [9.17, 15) is 9.59 Å². The molecule has 2 amide bonds. The summed E-state index contributed by atoms with van der Waals surface area (Å²) < 4.78 is 0.804. The Morgan fingerprint density at radius 3 is 2.85 bits per heavy atom. The fourth-order valence-corrected chi connectivity index (χ4v) is 2.68. The first-order chi connectivity index (χ1) is 9.47. The van der Waals surface area contributed by atoms with Crippen LogP contribution in [-0.2, 0) is 0 Å². The molecule has 4 N–H and O–H groups in total. The Morgan fingerprint density at radius 1 is 1.45 bits per heavy atom. The average Bonchev–Trinajstić information content (AvgIpc) is 2.40. The lowest BCUT2D eigenvalue weighted by Gasteiger charge is -2.30. The Morgan fingerprint density at radius 2 is 2.20 bits per heavy atom. The van der Waals surface area contributed by atoms with Gasteiger partial charge in [0.2, 0.25) is 0 Å². The predicted molar refractivity (Wildman–Crippen MR) is 83.9 cm³/mol. The van der Waals surface area contributed by atoms with E-state index in [1.165, 1.54) is 6.07 Å². The van der Waals surface area contributed by atoms with E-state index >= 15 is 0 Å². The molecule has 0 radical (unpaired) electrons. The maximum Gasteiger partial charge on any atom is 0.337 e. The van der Waals surface area contributed by atoms with Crippen LogP contribution in [0.4, 0.5) is 10.5 Å². The summed E-state index contributed by atoms with van der Waals surface area (Å²) in [7, 11) is 0. The highest BCUT2D eigenvalue weighted by molar-refractivity contribution is 14.1. The van der Waals surface area contributed by atoms with Gasteiger partial charge in [-0.05, 0) is 53.6 Å². The largest absolute Gasteiger partial charge is 0.478 e. The van der Waals surface area contributed by atoms with Crippen LogP contribution in [0.5, 0.6) is 0 Å². The Labute approximate surface area is 130 Å². The van der Waals surface area contributed by atoms with Crippen LogP contribution in [0.1, 0.15) is 23.2 Å². The lowest BCUT2D eigenvalue weighted by molar-refractivity contribution is 0.0698. The zero-order valence-corrected chi connectivity index (χ0v) is 13.0. The molecule has 6 nitrogen and oxygen atoms in total. The highest BCUT2D eigenvalue weighted by Gasteiger charge is 2.22. The summed E-state index contributed by atoms with van der Waals surface area (Å²) in [4.78, 5) is 25.0. The van der Waals surface area contributed by atoms with E-state index in [1.54, 1.807) is 17.0 Å². The fourth-order valence-electron chi connectivity index (χ4n) is 2.19. The minimum Gasteiger partial charge on any atom is -0.478 e. The van der Waals surface area contributed by atoms with Crippen molar-refractivity contribution < 1.29 is 14.7 Å². The van der Waals surface area contributed by atoms with Crippen LogP contribution in [0.15, 0.2) is 18.2 Å². The number of likely N-dealkylation sites (tertiary alicyclic amines) is 1. The molecule has 1 heterocycles. The molecule has 1 fully saturated rings. The van der Waals surface area contributed by atoms with Crippen molar-refractivity contribution in [1.29, 1.82) is 0 Å². The number of benzene rings is 1. The predicted octanol–water partition coefficient (Wildman–Crippen LogP) is 1.94. The van der Waals surface area contributed by atoms with Gasteiger partial charge in [-0.15, -0.1) is 0 Å². The monoisotopic (exact) mass is 389 g/mol. The summed E-state index contributed by atoms with van der Waals surface area (Å²) in [5.41, 5.74) is 6.23. The Hall–Kier alpha value is -1.35. The van der Waals surface area contributed by atoms with Gasteiger partial charge in [0.1, 0.15) is 0 Å². The number of carboxylic acid groups (broad SMARTS) is 1. The molecule has 1 aliphatic heterocycles. The molecule has 2 rings (SSSR count). The van der Waals surface area contributed by atoms with Crippen LogP contribution in [0, 0.1) is 3.57 Å². The molecule has 0 spiro atoms. The third-order valence-electron chi connectivity index (χ3n) is 3.20. The summed E-state index contributed by atoms with van der Waals surface area (Å²) in [6, 6.07) is 4.58. The van der Waals surface area contributed by atoms with Crippen LogP contribution < -0.4 is 11.1 Å². The number of amides is 2. The number of nitrogens with zero attached hydrogens (tertiary/aromatic N) is 1. The molecule has 1 aromatic rings. The van der Waals surface area contributed by atoms with E-state index in [0.29, 0.717) is 18.8 Å². The van der Waals surface area contributed by atoms with E-state index in [-0.39, 0.29) is 17.6 Å². The first kappa shape index (κ1) is 15.0. The lowest BCUT2D eigenvalue weighted by Crippen LogP contribution is -2.47. The number of urea groups is 1. The first-order valence-corrected chi connectivity index (χ1v) is 7.39. The number of nitrogens with two attached hydrogens (primary N) is 1. The summed E-state index contributed by atoms with van der Waals surface area (Å²) in [6.45, 7) is 1.14. The SMILES string of the molecule is NC1CCCN(C(=O)Nc2ccc(I)cc2C(=O)O)C1. The third-order valence-corrected chi connectivity index (χ3v) is 3.87. The van der Waals surface area contributed by atoms with Crippen LogP contribution in [0.2, 0.25) is 0 Å². The van der Waals surface area contributed by atoms with Crippen molar-refractivity contribution in [3.63, 3.8) is 0 Å². The van der Waals surface area contributed by atoms with Gasteiger partial charge in [0.15, 0.2) is 0 Å². The highest BCUT2D eigenvalue weighted by atomic mass is 127. The Kier molecular flexibility index (Phi) is 4.81. The molecule has 0 aromatic heterocycles. The molecule has 0 aliphatic carbocycles. The number of hydrogen-bond acceptors (Lipinski definition) is 3. The van der Waals surface area contributed by atoms with Gasteiger partial charge >= 0.3 is 12.0 Å². The molecule has 1 unspecified atom stereocenters. The van der Waals surface area contributed by atoms with E-state index in [1.807, 2.05) is 22.6 Å². The zero-order chi connectivity index (χ0) is 14.7. The van der Waals surface area contributed by atoms with Gasteiger partial charge in [0.25, 0.3) is 0 Å². The van der Waals surface area contributed by atoms with Crippen molar-refractivity contribution >= 4 is 40.3 Å². The lowest BCUT2D eigenvalue weighted by atomic mass is 10.1. The Balaban J connectivity index is 2.13. The number of piperidine rings is 1. The minimum absolute atomic E-state index is 0.00911. The van der Waals surface area contributed by atoms with Crippen molar-refractivity contribution in [1.82, 2.24) is 4.90 Å². The summed E-state index contributed by atoms with van der Waals surface area (Å²) in [6.07, 6.45) is 1.78. The van der Waals surface area contributed by atoms with Crippen LogP contribution in [-0.4, -0.2) is 41.1 Å². The maximum atomic E-state index is 12.1. The molecule has 1 saturated heterocycles. The van der Waals surface area contributed by atoms with E-state index in [4.69, 9.17) is 10.8 Å². The number of anilines is 1. The van der Waals surface area contributed by atoms with Gasteiger partial charge in [-0.3, -0.25) is 0 Å². The number of nitrogens with one attached hydrogen (secondary N) is 1. The maximum absolute atomic E-state index is 12.1. The molecular weight excluding hydrogens is 373 g/mol. The normalized spacial score (nSPS) is 18.7. The number of carboxylic acids is 1. The summed E-state index contributed by atoms with van der Waals surface area (Å²) >= 11 is 2.03. The van der Waals surface area contributed by atoms with Gasteiger partial charge in [0, 0.05) is 22.7 Å². The number of aromatic carboxylic acids is 1. The quantitative estimate of drug-likeness (QED) is 0.674. The van der Waals surface area contributed by atoms with Gasteiger partial charge in [0.05, 0.1) is 11.3 Å². The van der Waals surface area contributed by atoms with Crippen molar-refractivity contribution in [3.8, 4) is 0 Å². The molecule has 0 bridgehead atoms. The molecule has 20 heavy (non-hydrogen) atoms. The average molecular weight is 389 g/mol. The third kappa shape index (κ3) is 3.60. The summed E-state index contributed by atoms with van der Waals surface area (Å²) in [5, 5.41) is 11.8. The van der Waals surface area contributed by atoms with Gasteiger partial charge in [-0.25, -0.2) is 9.59 Å². The number of carbonyl (C=O) groups excluding carboxylic acids is 1. The van der Waals surface area contributed by atoms with Crippen LogP contribution in [0.25, 0.3) is 0 Å². The number of halogens is 1. The highest BCUT2D eigenvalue weighted by Crippen LogP contribution is 2.20. The smallest absolute Gasteiger partial charge is 0.337 e. The van der Waals surface area contributed by atoms with Gasteiger partial charge in [-0.2, -0.15) is 0 Å². The number of carbonyl (C=O) groups is 2. The summed E-state index contributed by atoms with van der Waals surface area (Å²) in [5.74, 6) is -1.06. The zero-order valence-electron chi connectivity index (χ0n) is 10.8. The molecule has 108 valence electrons. The topological polar surface area (TPSA) is 95.7 Å². The minimum atomic E-state index is -1.06. The second-order valence-corrected chi connectivity index (χ2v) is 6.02. The molecule has 1 aromatic carbocycles. The standard InChI is InChI=1S/C13H16IN3O3/c14-8-3-4-11(10(6-8)12(18)19)16-13(20)17-5-1-2-9(15)7-17/h3-4,6,9H,1-2,5,7,15H2,(H,16,20)(H,18,19). The Bertz CT molecular complexity index is 536. The van der Waals surface area contributed by atoms with Crippen LogP contribution >= 0.6 is 22.6 Å². The van der Waals surface area contributed by atoms with E-state index < -0.39 is 5.97 Å². The van der Waals surface area contributed by atoms with Crippen molar-refractivity contribution in [3.05, 3.63) is 27.3 Å². The van der Waals surface area contributed by atoms with Gasteiger partial charge < -0.3 is 21.1 Å². The van der Waals surface area contributed by atoms with E-state index in [0.717, 1.165) is 16.4 Å². The molecule has 1 atom stereocenters. The van der Waals surface area contributed by atoms with Crippen molar-refractivity contribution in [2.45, 2.75) is 18.9 Å². The molecule has 1 aliphatic rings. The van der Waals surface area contributed by atoms with Gasteiger partial charge in [-0.1, -0.05) is 0 Å². The first-order valence-electron chi connectivity index (χ1n) is 6.31. The second-order valence-electron chi connectivity index (χ2n) is 4.77. The van der Waals surface area contributed by atoms with Crippen LogP contribution in [0.3, 0.4) is 0 Å². The van der Waals surface area contributed by atoms with E-state index in [2.05, 4.69) is 5.32 Å². The number of hydrogen-bond donors (Lipinski definition) is 3. The second kappa shape index (κ2) is 6.40. The molecule has 7 heteroatoms. The number of rotatable bonds is 2. The van der Waals surface area contributed by atoms with Crippen molar-refractivity contribution in [2.75, 3.05) is 18.4 Å².